The van der Waals surface area contributed by atoms with Crippen molar-refractivity contribution >= 4 is 15.0 Å². The van der Waals surface area contributed by atoms with Gasteiger partial charge in [0.25, 0.3) is 0 Å². The topological polar surface area (TPSA) is 9.23 Å². The van der Waals surface area contributed by atoms with E-state index in [-0.39, 0.29) is 5.32 Å². The standard InChI is InChI=1S/C9H6F6OSe/c10-8(11,12)16-7-3-1-6(2-4-7)5-17-9(13,14)15/h1-4H,5H2. The van der Waals surface area contributed by atoms with Crippen molar-refractivity contribution in [3.05, 3.63) is 29.8 Å². The normalized spacial score (nSPS) is 12.6. The van der Waals surface area contributed by atoms with Crippen LogP contribution in [-0.4, -0.2) is 26.4 Å². The van der Waals surface area contributed by atoms with Gasteiger partial charge in [-0.05, 0) is 0 Å². The fourth-order valence-electron chi connectivity index (χ4n) is 0.953. The third-order valence-electron chi connectivity index (χ3n) is 1.56. The van der Waals surface area contributed by atoms with Crippen LogP contribution in [0.1, 0.15) is 5.56 Å². The molecular formula is C9H6F6OSe. The first-order valence-electron chi connectivity index (χ1n) is 4.21. The second kappa shape index (κ2) is 5.18. The van der Waals surface area contributed by atoms with Crippen molar-refractivity contribution in [1.29, 1.82) is 0 Å². The van der Waals surface area contributed by atoms with Gasteiger partial charge in [-0.15, -0.1) is 0 Å². The zero-order valence-corrected chi connectivity index (χ0v) is 9.81. The van der Waals surface area contributed by atoms with Crippen molar-refractivity contribution in [2.75, 3.05) is 0 Å². The van der Waals surface area contributed by atoms with Crippen LogP contribution in [0.3, 0.4) is 0 Å². The zero-order valence-electron chi connectivity index (χ0n) is 8.10. The summed E-state index contributed by atoms with van der Waals surface area (Å²) in [6.07, 6.45) is -4.79. The van der Waals surface area contributed by atoms with Gasteiger partial charge in [-0.3, -0.25) is 0 Å². The molecule has 1 aromatic rings. The predicted molar refractivity (Wildman–Crippen MR) is 48.6 cm³/mol. The van der Waals surface area contributed by atoms with Gasteiger partial charge in [-0.25, -0.2) is 0 Å². The van der Waals surface area contributed by atoms with Gasteiger partial charge < -0.3 is 0 Å². The van der Waals surface area contributed by atoms with Crippen LogP contribution in [0.5, 0.6) is 5.75 Å². The first kappa shape index (κ1) is 14.2. The van der Waals surface area contributed by atoms with Crippen molar-refractivity contribution in [1.82, 2.24) is 0 Å². The summed E-state index contributed by atoms with van der Waals surface area (Å²) in [6, 6.07) is 4.37. The molecule has 0 saturated heterocycles. The molecule has 1 aromatic carbocycles. The molecule has 0 aliphatic carbocycles. The Morgan fingerprint density at radius 3 is 1.88 bits per heavy atom. The second-order valence-corrected chi connectivity index (χ2v) is 5.11. The monoisotopic (exact) mass is 324 g/mol. The van der Waals surface area contributed by atoms with Crippen molar-refractivity contribution in [3.63, 3.8) is 0 Å². The van der Waals surface area contributed by atoms with Gasteiger partial charge in [0.2, 0.25) is 0 Å². The Labute approximate surface area is 98.9 Å². The molecule has 8 heteroatoms. The van der Waals surface area contributed by atoms with Gasteiger partial charge >= 0.3 is 98.4 Å². The molecule has 0 heterocycles. The number of alkyl halides is 6. The number of ether oxygens (including phenoxy) is 1. The van der Waals surface area contributed by atoms with Crippen LogP contribution in [0, 0.1) is 0 Å². The fourth-order valence-corrected chi connectivity index (χ4v) is 2.05. The van der Waals surface area contributed by atoms with E-state index in [2.05, 4.69) is 4.74 Å². The Balaban J connectivity index is 2.56. The van der Waals surface area contributed by atoms with E-state index in [1.54, 1.807) is 0 Å². The number of hydrogen-bond donors (Lipinski definition) is 0. The first-order chi connectivity index (χ1) is 7.66. The Morgan fingerprint density at radius 2 is 1.47 bits per heavy atom. The van der Waals surface area contributed by atoms with Crippen LogP contribution in [0.4, 0.5) is 26.3 Å². The maximum absolute atomic E-state index is 11.9. The molecule has 17 heavy (non-hydrogen) atoms. The molecule has 0 saturated carbocycles. The molecule has 0 aliphatic heterocycles. The molecule has 1 nitrogen and oxygen atoms in total. The molecule has 0 amide bonds. The van der Waals surface area contributed by atoms with E-state index in [0.29, 0.717) is 5.56 Å². The van der Waals surface area contributed by atoms with E-state index < -0.39 is 32.1 Å². The molecule has 96 valence electrons. The van der Waals surface area contributed by atoms with E-state index >= 15 is 0 Å². The number of halogens is 6. The number of hydrogen-bond acceptors (Lipinski definition) is 1. The third-order valence-corrected chi connectivity index (χ3v) is 3.25. The summed E-state index contributed by atoms with van der Waals surface area (Å²) in [4.78, 5) is 0. The molecule has 0 atom stereocenters. The summed E-state index contributed by atoms with van der Waals surface area (Å²) in [7, 11) is 0. The van der Waals surface area contributed by atoms with E-state index in [1.165, 1.54) is 12.1 Å². The minimum absolute atomic E-state index is 0.206. The molecule has 0 N–H and O–H groups in total. The van der Waals surface area contributed by atoms with Crippen LogP contribution in [0.2, 0.25) is 0 Å². The summed E-state index contributed by atoms with van der Waals surface area (Å²) >= 11 is -1.57. The summed E-state index contributed by atoms with van der Waals surface area (Å²) in [5, 5.41) is -4.42. The van der Waals surface area contributed by atoms with Crippen LogP contribution in [-0.2, 0) is 5.32 Å². The van der Waals surface area contributed by atoms with Crippen LogP contribution in [0.25, 0.3) is 0 Å². The number of rotatable bonds is 3. The average molecular weight is 323 g/mol. The van der Waals surface area contributed by atoms with E-state index in [1.807, 2.05) is 0 Å². The molecule has 0 aliphatic rings. The van der Waals surface area contributed by atoms with E-state index in [4.69, 9.17) is 0 Å². The Hall–Kier alpha value is -0.881. The predicted octanol–water partition coefficient (Wildman–Crippen LogP) is 3.31. The zero-order chi connectivity index (χ0) is 13.1. The van der Waals surface area contributed by atoms with Gasteiger partial charge in [0.15, 0.2) is 0 Å². The van der Waals surface area contributed by atoms with E-state index in [0.717, 1.165) is 12.1 Å². The molecular weight excluding hydrogens is 317 g/mol. The molecule has 0 spiro atoms. The third kappa shape index (κ3) is 6.43. The van der Waals surface area contributed by atoms with Crippen LogP contribution >= 0.6 is 0 Å². The summed E-state index contributed by atoms with van der Waals surface area (Å²) in [6.45, 7) is 0. The molecule has 0 radical (unpaired) electrons. The average Bonchev–Trinajstić information content (AvgIpc) is 2.13. The summed E-state index contributed by atoms with van der Waals surface area (Å²) in [5.74, 6) is -0.444. The number of benzene rings is 1. The summed E-state index contributed by atoms with van der Waals surface area (Å²) < 4.78 is 74.6. The van der Waals surface area contributed by atoms with Gasteiger partial charge in [0, 0.05) is 0 Å². The maximum atomic E-state index is 11.9. The molecule has 0 fully saturated rings. The Bertz CT molecular complexity index is 355. The Kier molecular flexibility index (Phi) is 4.32. The van der Waals surface area contributed by atoms with Crippen molar-refractivity contribution in [2.45, 2.75) is 16.8 Å². The minimum atomic E-state index is -4.79. The first-order valence-corrected chi connectivity index (χ1v) is 6.28. The molecule has 0 bridgehead atoms. The summed E-state index contributed by atoms with van der Waals surface area (Å²) in [5.41, 5.74) is 0.330. The van der Waals surface area contributed by atoms with E-state index in [9.17, 15) is 26.3 Å². The molecule has 0 unspecified atom stereocenters. The van der Waals surface area contributed by atoms with Crippen molar-refractivity contribution in [2.24, 2.45) is 0 Å². The van der Waals surface area contributed by atoms with Crippen molar-refractivity contribution in [3.8, 4) is 5.75 Å². The van der Waals surface area contributed by atoms with Gasteiger partial charge in [0.05, 0.1) is 0 Å². The Morgan fingerprint density at radius 1 is 0.941 bits per heavy atom. The van der Waals surface area contributed by atoms with Gasteiger partial charge in [-0.2, -0.15) is 0 Å². The van der Waals surface area contributed by atoms with Crippen LogP contribution < -0.4 is 4.74 Å². The van der Waals surface area contributed by atoms with Gasteiger partial charge in [0.1, 0.15) is 0 Å². The quantitative estimate of drug-likeness (QED) is 0.613. The molecule has 1 rings (SSSR count). The SMILES string of the molecule is FC(F)(F)Oc1ccc(C[Se]C(F)(F)F)cc1. The second-order valence-electron chi connectivity index (χ2n) is 2.93. The van der Waals surface area contributed by atoms with Crippen molar-refractivity contribution < 1.29 is 31.1 Å². The fraction of sp³-hybridized carbons (Fsp3) is 0.333. The molecule has 0 aromatic heterocycles. The van der Waals surface area contributed by atoms with Gasteiger partial charge in [-0.1, -0.05) is 0 Å². The van der Waals surface area contributed by atoms with Crippen LogP contribution in [0.15, 0.2) is 24.3 Å².